The maximum atomic E-state index is 13.4. The fourth-order valence-electron chi connectivity index (χ4n) is 3.14. The zero-order chi connectivity index (χ0) is 25.5. The first-order valence-electron chi connectivity index (χ1n) is 10.9. The van der Waals surface area contributed by atoms with Crippen LogP contribution in [0.2, 0.25) is 10.0 Å². The molecule has 1 amide bonds. The number of benzene rings is 1. The van der Waals surface area contributed by atoms with Crippen molar-refractivity contribution in [2.45, 2.75) is 33.3 Å². The van der Waals surface area contributed by atoms with Crippen LogP contribution < -0.4 is 15.6 Å². The van der Waals surface area contributed by atoms with E-state index in [1.807, 2.05) is 19.9 Å². The number of carbonyl (C=O) groups is 1. The number of nitrogens with zero attached hydrogens (tertiary/aromatic N) is 3. The number of hydrogen-bond donors (Lipinski definition) is 1. The van der Waals surface area contributed by atoms with Crippen LogP contribution in [0.25, 0.3) is 11.7 Å². The van der Waals surface area contributed by atoms with E-state index in [4.69, 9.17) is 32.7 Å². The Morgan fingerprint density at radius 1 is 1.31 bits per heavy atom. The molecule has 182 valence electrons. The third kappa shape index (κ3) is 6.61. The van der Waals surface area contributed by atoms with Crippen LogP contribution in [0.5, 0.6) is 11.6 Å². The maximum absolute atomic E-state index is 13.4. The van der Waals surface area contributed by atoms with Gasteiger partial charge in [-0.1, -0.05) is 29.3 Å². The van der Waals surface area contributed by atoms with Crippen LogP contribution in [0.15, 0.2) is 46.9 Å². The van der Waals surface area contributed by atoms with Crippen LogP contribution in [0.1, 0.15) is 31.4 Å². The Morgan fingerprint density at radius 3 is 2.77 bits per heavy atom. The van der Waals surface area contributed by atoms with Gasteiger partial charge in [0.1, 0.15) is 28.6 Å². The Hall–Kier alpha value is -3.38. The second-order valence-corrected chi connectivity index (χ2v) is 8.74. The molecule has 0 fully saturated rings. The second-order valence-electron chi connectivity index (χ2n) is 7.90. The lowest BCUT2D eigenvalue weighted by Crippen LogP contribution is -2.27. The fourth-order valence-corrected chi connectivity index (χ4v) is 3.58. The minimum Gasteiger partial charge on any atom is -0.437 e. The molecular formula is C25H24Cl2N4O4. The molecule has 0 bridgehead atoms. The largest absolute Gasteiger partial charge is 0.437 e. The fraction of sp³-hybridized carbons (Fsp3) is 0.280. The average molecular weight is 515 g/mol. The van der Waals surface area contributed by atoms with Crippen molar-refractivity contribution in [3.8, 4) is 17.7 Å². The average Bonchev–Trinajstić information content (AvgIpc) is 2.81. The van der Waals surface area contributed by atoms with Crippen molar-refractivity contribution in [1.82, 2.24) is 14.7 Å². The highest BCUT2D eigenvalue weighted by molar-refractivity contribution is 6.35. The van der Waals surface area contributed by atoms with Crippen molar-refractivity contribution in [1.29, 1.82) is 5.26 Å². The topological polar surface area (TPSA) is 106 Å². The summed E-state index contributed by atoms with van der Waals surface area (Å²) in [6, 6.07) is 9.96. The molecule has 3 aromatic rings. The lowest BCUT2D eigenvalue weighted by atomic mass is 10.1. The smallest absolute Gasteiger partial charge is 0.269 e. The highest BCUT2D eigenvalue weighted by Crippen LogP contribution is 2.32. The highest BCUT2D eigenvalue weighted by Gasteiger charge is 2.19. The van der Waals surface area contributed by atoms with Crippen molar-refractivity contribution < 1.29 is 14.3 Å². The van der Waals surface area contributed by atoms with E-state index >= 15 is 0 Å². The standard InChI is InChI=1S/C25H24Cl2N4O4/c1-15(2)34-11-5-9-29-23(32)17(14-28)12-19-24(35-21-8-7-18(26)13-20(21)27)30-22-16(3)6-4-10-31(22)25(19)33/h4,6-8,10,12-13,15H,5,9,11H2,1-3H3,(H,29,32). The lowest BCUT2D eigenvalue weighted by molar-refractivity contribution is -0.117. The number of aromatic nitrogens is 2. The van der Waals surface area contributed by atoms with Crippen molar-refractivity contribution >= 4 is 40.8 Å². The molecule has 0 spiro atoms. The van der Waals surface area contributed by atoms with Crippen LogP contribution in [0, 0.1) is 18.3 Å². The van der Waals surface area contributed by atoms with E-state index in [0.717, 1.165) is 5.56 Å². The Balaban J connectivity index is 2.01. The van der Waals surface area contributed by atoms with Crippen molar-refractivity contribution in [2.24, 2.45) is 0 Å². The molecule has 0 aliphatic carbocycles. The van der Waals surface area contributed by atoms with Crippen LogP contribution in [-0.4, -0.2) is 34.5 Å². The van der Waals surface area contributed by atoms with Crippen molar-refractivity contribution in [3.63, 3.8) is 0 Å². The quantitative estimate of drug-likeness (QED) is 0.246. The monoisotopic (exact) mass is 514 g/mol. The molecule has 10 heteroatoms. The molecule has 3 rings (SSSR count). The summed E-state index contributed by atoms with van der Waals surface area (Å²) < 4.78 is 12.7. The Morgan fingerprint density at radius 2 is 2.09 bits per heavy atom. The van der Waals surface area contributed by atoms with Gasteiger partial charge in [-0.25, -0.2) is 0 Å². The van der Waals surface area contributed by atoms with Crippen LogP contribution >= 0.6 is 23.2 Å². The number of rotatable bonds is 9. The maximum Gasteiger partial charge on any atom is 0.269 e. The molecule has 1 N–H and O–H groups in total. The zero-order valence-electron chi connectivity index (χ0n) is 19.5. The van der Waals surface area contributed by atoms with Gasteiger partial charge in [0.15, 0.2) is 0 Å². The molecule has 1 aromatic carbocycles. The van der Waals surface area contributed by atoms with E-state index < -0.39 is 11.5 Å². The molecule has 0 atom stereocenters. The highest BCUT2D eigenvalue weighted by atomic mass is 35.5. The number of nitrogens with one attached hydrogen (secondary N) is 1. The first-order valence-corrected chi connectivity index (χ1v) is 11.6. The number of carbonyl (C=O) groups excluding carboxylic acids is 1. The normalized spacial score (nSPS) is 11.5. The van der Waals surface area contributed by atoms with Gasteiger partial charge in [0, 0.05) is 24.4 Å². The predicted molar refractivity (Wildman–Crippen MR) is 135 cm³/mol. The number of pyridine rings is 1. The molecule has 0 radical (unpaired) electrons. The Kier molecular flexibility index (Phi) is 8.88. The molecule has 2 aromatic heterocycles. The summed E-state index contributed by atoms with van der Waals surface area (Å²) in [5, 5.41) is 12.9. The van der Waals surface area contributed by atoms with Crippen LogP contribution in [-0.2, 0) is 9.53 Å². The Labute approximate surface area is 212 Å². The van der Waals surface area contributed by atoms with E-state index in [2.05, 4.69) is 10.3 Å². The summed E-state index contributed by atoms with van der Waals surface area (Å²) in [6.07, 6.45) is 3.38. The minimum absolute atomic E-state index is 0.0750. The summed E-state index contributed by atoms with van der Waals surface area (Å²) in [6.45, 7) is 6.42. The van der Waals surface area contributed by atoms with Crippen molar-refractivity contribution in [2.75, 3.05) is 13.2 Å². The Bertz CT molecular complexity index is 1380. The first-order chi connectivity index (χ1) is 16.7. The second kappa shape index (κ2) is 11.8. The number of amides is 1. The number of halogens is 2. The van der Waals surface area contributed by atoms with Crippen LogP contribution in [0.4, 0.5) is 0 Å². The summed E-state index contributed by atoms with van der Waals surface area (Å²) in [5.74, 6) is -0.510. The van der Waals surface area contributed by atoms with Gasteiger partial charge in [-0.2, -0.15) is 10.2 Å². The van der Waals surface area contributed by atoms with Gasteiger partial charge in [0.25, 0.3) is 11.5 Å². The van der Waals surface area contributed by atoms with Gasteiger partial charge in [0.05, 0.1) is 11.1 Å². The number of fused-ring (bicyclic) bond motifs is 1. The van der Waals surface area contributed by atoms with E-state index in [9.17, 15) is 14.9 Å². The summed E-state index contributed by atoms with van der Waals surface area (Å²) in [4.78, 5) is 30.5. The zero-order valence-corrected chi connectivity index (χ0v) is 21.0. The van der Waals surface area contributed by atoms with E-state index in [-0.39, 0.29) is 33.9 Å². The molecular weight excluding hydrogens is 491 g/mol. The summed E-state index contributed by atoms with van der Waals surface area (Å²) in [5.41, 5.74) is 0.240. The molecule has 0 unspecified atom stereocenters. The van der Waals surface area contributed by atoms with Crippen molar-refractivity contribution in [3.05, 3.63) is 73.6 Å². The van der Waals surface area contributed by atoms with Gasteiger partial charge >= 0.3 is 0 Å². The van der Waals surface area contributed by atoms with Gasteiger partial charge in [-0.15, -0.1) is 0 Å². The molecule has 8 nitrogen and oxygen atoms in total. The number of hydrogen-bond acceptors (Lipinski definition) is 6. The molecule has 0 saturated carbocycles. The van der Waals surface area contributed by atoms with Crippen LogP contribution in [0.3, 0.4) is 0 Å². The molecule has 0 saturated heterocycles. The summed E-state index contributed by atoms with van der Waals surface area (Å²) in [7, 11) is 0. The van der Waals surface area contributed by atoms with Gasteiger partial charge in [-0.05, 0) is 63.1 Å². The van der Waals surface area contributed by atoms with E-state index in [1.165, 1.54) is 22.6 Å². The molecule has 2 heterocycles. The van der Waals surface area contributed by atoms with E-state index in [0.29, 0.717) is 30.2 Å². The molecule has 0 aliphatic heterocycles. The third-order valence-corrected chi connectivity index (χ3v) is 5.39. The first kappa shape index (κ1) is 26.2. The predicted octanol–water partition coefficient (Wildman–Crippen LogP) is 4.94. The summed E-state index contributed by atoms with van der Waals surface area (Å²) >= 11 is 12.2. The number of aryl methyl sites for hydroxylation is 1. The third-order valence-electron chi connectivity index (χ3n) is 4.86. The van der Waals surface area contributed by atoms with Gasteiger partial charge in [-0.3, -0.25) is 14.0 Å². The van der Waals surface area contributed by atoms with Gasteiger partial charge < -0.3 is 14.8 Å². The van der Waals surface area contributed by atoms with E-state index in [1.54, 1.807) is 31.3 Å². The SMILES string of the molecule is Cc1cccn2c(=O)c(C=C(C#N)C(=O)NCCCOC(C)C)c(Oc3ccc(Cl)cc3Cl)nc12. The molecule has 0 aliphatic rings. The minimum atomic E-state index is -0.624. The van der Waals surface area contributed by atoms with Gasteiger partial charge in [0.2, 0.25) is 5.88 Å². The number of ether oxygens (including phenoxy) is 2. The number of nitriles is 1. The lowest BCUT2D eigenvalue weighted by Gasteiger charge is -2.12. The molecule has 35 heavy (non-hydrogen) atoms.